The van der Waals surface area contributed by atoms with E-state index in [-0.39, 0.29) is 0 Å². The molecule has 0 aromatic rings. The molecular formula is C17H30N2O2. The molecule has 1 N–H and O–H groups in total. The van der Waals surface area contributed by atoms with Gasteiger partial charge in [-0.1, -0.05) is 49.8 Å². The van der Waals surface area contributed by atoms with Gasteiger partial charge in [0.05, 0.1) is 18.9 Å². The normalized spacial score (nSPS) is 25.6. The maximum atomic E-state index is 9.44. The van der Waals surface area contributed by atoms with Gasteiger partial charge in [0.1, 0.15) is 5.71 Å². The number of morpholine rings is 1. The number of rotatable bonds is 1. The van der Waals surface area contributed by atoms with Crippen LogP contribution in [0, 0.1) is 0 Å². The Morgan fingerprint density at radius 1 is 0.905 bits per heavy atom. The van der Waals surface area contributed by atoms with E-state index in [4.69, 9.17) is 4.74 Å². The molecule has 0 unspecified atom stereocenters. The van der Waals surface area contributed by atoms with Crippen LogP contribution in [-0.4, -0.2) is 42.1 Å². The highest BCUT2D eigenvalue weighted by atomic mass is 16.5. The SMILES string of the molecule is ON=C1CCCCCCCCCCC=C1N1CCOCC1. The van der Waals surface area contributed by atoms with Crippen LogP contribution in [0.2, 0.25) is 0 Å². The molecule has 0 aromatic carbocycles. The van der Waals surface area contributed by atoms with Gasteiger partial charge in [-0.05, 0) is 25.7 Å². The predicted molar refractivity (Wildman–Crippen MR) is 85.9 cm³/mol. The third kappa shape index (κ3) is 5.70. The minimum Gasteiger partial charge on any atom is -0.411 e. The molecule has 0 saturated carbocycles. The minimum absolute atomic E-state index is 0.774. The Morgan fingerprint density at radius 3 is 2.19 bits per heavy atom. The fourth-order valence-electron chi connectivity index (χ4n) is 3.20. The van der Waals surface area contributed by atoms with Crippen molar-refractivity contribution in [1.82, 2.24) is 4.90 Å². The van der Waals surface area contributed by atoms with E-state index in [1.807, 2.05) is 0 Å². The summed E-state index contributed by atoms with van der Waals surface area (Å²) in [5.74, 6) is 0. The first-order chi connectivity index (χ1) is 10.4. The standard InChI is InChI=1S/C17H30N2O2/c20-18-16-10-8-6-4-2-1-3-5-7-9-11-17(16)19-12-14-21-15-13-19/h11,20H,1-10,12-15H2. The van der Waals surface area contributed by atoms with Crippen molar-refractivity contribution in [3.05, 3.63) is 11.8 Å². The van der Waals surface area contributed by atoms with Crippen LogP contribution in [0.1, 0.15) is 64.2 Å². The lowest BCUT2D eigenvalue weighted by molar-refractivity contribution is 0.0560. The summed E-state index contributed by atoms with van der Waals surface area (Å²) in [6.45, 7) is 3.36. The third-order valence-corrected chi connectivity index (χ3v) is 4.47. The fourth-order valence-corrected chi connectivity index (χ4v) is 3.20. The summed E-state index contributed by atoms with van der Waals surface area (Å²) in [4.78, 5) is 2.33. The zero-order chi connectivity index (χ0) is 14.8. The largest absolute Gasteiger partial charge is 0.411 e. The molecule has 0 atom stereocenters. The number of ether oxygens (including phenoxy) is 1. The van der Waals surface area contributed by atoms with Crippen molar-refractivity contribution in [1.29, 1.82) is 0 Å². The molecule has 2 aliphatic rings. The summed E-state index contributed by atoms with van der Waals surface area (Å²) in [6.07, 6.45) is 14.6. The molecule has 1 fully saturated rings. The highest BCUT2D eigenvalue weighted by Crippen LogP contribution is 2.19. The van der Waals surface area contributed by atoms with Crippen LogP contribution in [0.25, 0.3) is 0 Å². The Bertz CT molecular complexity index is 347. The molecule has 2 rings (SSSR count). The number of hydrogen-bond donors (Lipinski definition) is 1. The molecule has 21 heavy (non-hydrogen) atoms. The lowest BCUT2D eigenvalue weighted by Crippen LogP contribution is -2.38. The van der Waals surface area contributed by atoms with Crippen LogP contribution in [0.3, 0.4) is 0 Å². The summed E-state index contributed by atoms with van der Waals surface area (Å²) in [5, 5.41) is 13.1. The van der Waals surface area contributed by atoms with E-state index in [2.05, 4.69) is 16.1 Å². The first kappa shape index (κ1) is 16.3. The van der Waals surface area contributed by atoms with E-state index in [0.29, 0.717) is 0 Å². The van der Waals surface area contributed by atoms with Crippen molar-refractivity contribution in [2.45, 2.75) is 64.2 Å². The number of oxime groups is 1. The molecule has 0 radical (unpaired) electrons. The fraction of sp³-hybridized carbons (Fsp3) is 0.824. The summed E-state index contributed by atoms with van der Waals surface area (Å²) in [6, 6.07) is 0. The van der Waals surface area contributed by atoms with Crippen molar-refractivity contribution < 1.29 is 9.94 Å². The monoisotopic (exact) mass is 294 g/mol. The van der Waals surface area contributed by atoms with Gasteiger partial charge in [-0.25, -0.2) is 0 Å². The van der Waals surface area contributed by atoms with Gasteiger partial charge in [0, 0.05) is 13.1 Å². The third-order valence-electron chi connectivity index (χ3n) is 4.47. The Balaban J connectivity index is 2.04. The Kier molecular flexibility index (Phi) is 7.65. The molecule has 1 aliphatic heterocycles. The van der Waals surface area contributed by atoms with Crippen LogP contribution in [0.5, 0.6) is 0 Å². The van der Waals surface area contributed by atoms with Crippen LogP contribution < -0.4 is 0 Å². The average Bonchev–Trinajstić information content (AvgIpc) is 2.56. The molecule has 120 valence electrons. The van der Waals surface area contributed by atoms with Gasteiger partial charge in [0.2, 0.25) is 0 Å². The van der Waals surface area contributed by atoms with Gasteiger partial charge < -0.3 is 14.8 Å². The zero-order valence-corrected chi connectivity index (χ0v) is 13.2. The van der Waals surface area contributed by atoms with Gasteiger partial charge in [0.25, 0.3) is 0 Å². The van der Waals surface area contributed by atoms with Crippen molar-refractivity contribution in [3.63, 3.8) is 0 Å². The summed E-state index contributed by atoms with van der Waals surface area (Å²) >= 11 is 0. The Hall–Kier alpha value is -1.03. The van der Waals surface area contributed by atoms with Crippen LogP contribution in [0.4, 0.5) is 0 Å². The van der Waals surface area contributed by atoms with Crippen molar-refractivity contribution >= 4 is 5.71 Å². The molecule has 0 aromatic heterocycles. The second-order valence-electron chi connectivity index (χ2n) is 6.10. The second kappa shape index (κ2) is 9.82. The van der Waals surface area contributed by atoms with Crippen LogP contribution in [0.15, 0.2) is 16.9 Å². The Morgan fingerprint density at radius 2 is 1.52 bits per heavy atom. The molecule has 4 heteroatoms. The summed E-state index contributed by atoms with van der Waals surface area (Å²) < 4.78 is 5.44. The topological polar surface area (TPSA) is 45.1 Å². The number of allylic oxidation sites excluding steroid dienone is 2. The maximum absolute atomic E-state index is 9.44. The molecule has 0 amide bonds. The number of hydrogen-bond acceptors (Lipinski definition) is 4. The smallest absolute Gasteiger partial charge is 0.102 e. The van der Waals surface area contributed by atoms with Gasteiger partial charge in [-0.15, -0.1) is 0 Å². The molecule has 1 heterocycles. The van der Waals surface area contributed by atoms with Crippen LogP contribution >= 0.6 is 0 Å². The van der Waals surface area contributed by atoms with Gasteiger partial charge in [-0.2, -0.15) is 0 Å². The molecule has 0 bridgehead atoms. The quantitative estimate of drug-likeness (QED) is 0.588. The van der Waals surface area contributed by atoms with Crippen LogP contribution in [-0.2, 0) is 4.74 Å². The van der Waals surface area contributed by atoms with E-state index in [1.54, 1.807) is 0 Å². The minimum atomic E-state index is 0.774. The van der Waals surface area contributed by atoms with E-state index in [1.165, 1.54) is 44.9 Å². The summed E-state index contributed by atoms with van der Waals surface area (Å²) in [7, 11) is 0. The predicted octanol–water partition coefficient (Wildman–Crippen LogP) is 3.95. The first-order valence-electron chi connectivity index (χ1n) is 8.66. The Labute approximate surface area is 128 Å². The second-order valence-corrected chi connectivity index (χ2v) is 6.10. The molecule has 0 spiro atoms. The first-order valence-corrected chi connectivity index (χ1v) is 8.66. The number of nitrogens with zero attached hydrogens (tertiary/aromatic N) is 2. The van der Waals surface area contributed by atoms with E-state index in [0.717, 1.165) is 57.0 Å². The van der Waals surface area contributed by atoms with Crippen molar-refractivity contribution in [3.8, 4) is 0 Å². The summed E-state index contributed by atoms with van der Waals surface area (Å²) in [5.41, 5.74) is 2.02. The molecule has 4 nitrogen and oxygen atoms in total. The van der Waals surface area contributed by atoms with E-state index in [9.17, 15) is 5.21 Å². The molecular weight excluding hydrogens is 264 g/mol. The average molecular weight is 294 g/mol. The van der Waals surface area contributed by atoms with Crippen molar-refractivity contribution in [2.24, 2.45) is 5.16 Å². The highest BCUT2D eigenvalue weighted by molar-refractivity contribution is 5.99. The lowest BCUT2D eigenvalue weighted by atomic mass is 10.0. The lowest BCUT2D eigenvalue weighted by Gasteiger charge is -2.31. The molecule has 1 aliphatic carbocycles. The van der Waals surface area contributed by atoms with Gasteiger partial charge in [0.15, 0.2) is 0 Å². The zero-order valence-electron chi connectivity index (χ0n) is 13.2. The van der Waals surface area contributed by atoms with E-state index >= 15 is 0 Å². The maximum Gasteiger partial charge on any atom is 0.102 e. The molecule has 1 saturated heterocycles. The van der Waals surface area contributed by atoms with Gasteiger partial charge >= 0.3 is 0 Å². The highest BCUT2D eigenvalue weighted by Gasteiger charge is 2.18. The van der Waals surface area contributed by atoms with Gasteiger partial charge in [-0.3, -0.25) is 0 Å². The van der Waals surface area contributed by atoms with E-state index < -0.39 is 0 Å². The van der Waals surface area contributed by atoms with Crippen molar-refractivity contribution in [2.75, 3.05) is 26.3 Å².